The van der Waals surface area contributed by atoms with Gasteiger partial charge in [0.1, 0.15) is 0 Å². The summed E-state index contributed by atoms with van der Waals surface area (Å²) in [6.45, 7) is 12.3. The van der Waals surface area contributed by atoms with Crippen molar-refractivity contribution < 1.29 is 18.7 Å². The molecule has 18 heavy (non-hydrogen) atoms. The molecule has 0 radical (unpaired) electrons. The fourth-order valence-electron chi connectivity index (χ4n) is 1.07. The van der Waals surface area contributed by atoms with Gasteiger partial charge in [0, 0.05) is 6.61 Å². The van der Waals surface area contributed by atoms with E-state index < -0.39 is 12.8 Å². The smallest absolute Gasteiger partial charge is 0.333 e. The van der Waals surface area contributed by atoms with Crippen LogP contribution in [0, 0.1) is 0 Å². The van der Waals surface area contributed by atoms with E-state index in [0.717, 1.165) is 6.42 Å². The van der Waals surface area contributed by atoms with Crippen LogP contribution in [-0.4, -0.2) is 28.9 Å². The molecule has 1 N–H and O–H groups in total. The molecule has 0 aliphatic carbocycles. The number of hydrogen-bond acceptors (Lipinski definition) is 3. The van der Waals surface area contributed by atoms with Gasteiger partial charge in [-0.05, 0) is 47.0 Å². The lowest BCUT2D eigenvalue weighted by Gasteiger charge is -2.28. The average molecular weight is 280 g/mol. The van der Waals surface area contributed by atoms with Crippen molar-refractivity contribution in [2.24, 2.45) is 0 Å². The molecule has 0 aromatic carbocycles. The summed E-state index contributed by atoms with van der Waals surface area (Å²) in [5.41, 5.74) is -0.133. The molecule has 0 aliphatic rings. The van der Waals surface area contributed by atoms with Crippen molar-refractivity contribution in [3.05, 3.63) is 0 Å². The van der Waals surface area contributed by atoms with Crippen LogP contribution in [0.4, 0.5) is 0 Å². The maximum absolute atomic E-state index is 12.0. The van der Waals surface area contributed by atoms with E-state index >= 15 is 0 Å². The predicted molar refractivity (Wildman–Crippen MR) is 75.1 cm³/mol. The van der Waals surface area contributed by atoms with Gasteiger partial charge in [0.05, 0.1) is 17.4 Å². The Labute approximate surface area is 112 Å². The molecular weight excluding hydrogens is 251 g/mol. The Morgan fingerprint density at radius 2 is 1.61 bits per heavy atom. The van der Waals surface area contributed by atoms with Crippen LogP contribution in [0.25, 0.3) is 0 Å². The van der Waals surface area contributed by atoms with Crippen LogP contribution in [0.2, 0.25) is 0 Å². The molecule has 1 atom stereocenters. The third-order valence-electron chi connectivity index (χ3n) is 3.53. The van der Waals surface area contributed by atoms with Crippen molar-refractivity contribution in [3.63, 3.8) is 0 Å². The Morgan fingerprint density at radius 3 is 2.06 bits per heavy atom. The van der Waals surface area contributed by atoms with Crippen molar-refractivity contribution in [1.82, 2.24) is 0 Å². The van der Waals surface area contributed by atoms with Crippen molar-refractivity contribution in [2.45, 2.75) is 71.6 Å². The molecule has 4 nitrogen and oxygen atoms in total. The van der Waals surface area contributed by atoms with E-state index in [0.29, 0.717) is 19.4 Å². The van der Waals surface area contributed by atoms with Gasteiger partial charge in [0.2, 0.25) is 0 Å². The zero-order valence-electron chi connectivity index (χ0n) is 12.7. The largest absolute Gasteiger partial charge is 0.375 e. The summed E-state index contributed by atoms with van der Waals surface area (Å²) in [6.07, 6.45) is 2.18. The first kappa shape index (κ1) is 18.1. The Morgan fingerprint density at radius 1 is 1.06 bits per heavy atom. The van der Waals surface area contributed by atoms with Gasteiger partial charge in [-0.3, -0.25) is 4.57 Å². The molecule has 0 aromatic heterocycles. The van der Waals surface area contributed by atoms with Crippen LogP contribution >= 0.6 is 7.60 Å². The van der Waals surface area contributed by atoms with Crippen molar-refractivity contribution >= 4 is 7.60 Å². The van der Waals surface area contributed by atoms with E-state index in [4.69, 9.17) is 9.26 Å². The van der Waals surface area contributed by atoms with Crippen LogP contribution in [0.15, 0.2) is 0 Å². The quantitative estimate of drug-likeness (QED) is 0.513. The van der Waals surface area contributed by atoms with E-state index in [1.165, 1.54) is 0 Å². The van der Waals surface area contributed by atoms with Crippen LogP contribution in [0.1, 0.15) is 60.8 Å². The molecule has 110 valence electrons. The summed E-state index contributed by atoms with van der Waals surface area (Å²) in [5.74, 6) is 0. The second kappa shape index (κ2) is 7.04. The molecule has 1 unspecified atom stereocenters. The maximum atomic E-state index is 12.0. The zero-order valence-corrected chi connectivity index (χ0v) is 13.5. The molecule has 5 heteroatoms. The van der Waals surface area contributed by atoms with Gasteiger partial charge in [-0.25, -0.2) is 0 Å². The van der Waals surface area contributed by atoms with E-state index in [9.17, 15) is 9.46 Å². The van der Waals surface area contributed by atoms with Crippen molar-refractivity contribution in [2.75, 3.05) is 13.2 Å². The fourth-order valence-corrected chi connectivity index (χ4v) is 2.20. The van der Waals surface area contributed by atoms with E-state index in [1.807, 2.05) is 20.8 Å². The maximum Gasteiger partial charge on any atom is 0.333 e. The molecule has 0 saturated carbocycles. The van der Waals surface area contributed by atoms with E-state index in [-0.39, 0.29) is 12.2 Å². The second-order valence-electron chi connectivity index (χ2n) is 5.83. The second-order valence-corrected chi connectivity index (χ2v) is 8.34. The molecular formula is C13H29O4P. The van der Waals surface area contributed by atoms with Gasteiger partial charge < -0.3 is 14.2 Å². The third-order valence-corrected chi connectivity index (χ3v) is 5.91. The molecule has 0 bridgehead atoms. The zero-order chi connectivity index (χ0) is 14.4. The summed E-state index contributed by atoms with van der Waals surface area (Å²) < 4.78 is 22.8. The molecule has 0 aliphatic heterocycles. The topological polar surface area (TPSA) is 55.8 Å². The summed E-state index contributed by atoms with van der Waals surface area (Å²) in [5, 5.41) is -0.684. The van der Waals surface area contributed by atoms with Crippen LogP contribution < -0.4 is 0 Å². The predicted octanol–water partition coefficient (Wildman–Crippen LogP) is 3.97. The van der Waals surface area contributed by atoms with Crippen LogP contribution in [-0.2, 0) is 13.8 Å². The number of hydrogen-bond donors (Lipinski definition) is 1. The molecule has 0 amide bonds. The lowest BCUT2D eigenvalue weighted by atomic mass is 10.1. The summed E-state index contributed by atoms with van der Waals surface area (Å²) in [4.78, 5) is 9.84. The van der Waals surface area contributed by atoms with Gasteiger partial charge >= 0.3 is 7.60 Å². The van der Waals surface area contributed by atoms with Gasteiger partial charge in [-0.15, -0.1) is 0 Å². The third kappa shape index (κ3) is 5.83. The Balaban J connectivity index is 3.96. The minimum absolute atomic E-state index is 0.133. The van der Waals surface area contributed by atoms with Crippen LogP contribution in [0.3, 0.4) is 0 Å². The monoisotopic (exact) mass is 280 g/mol. The first-order valence-electron chi connectivity index (χ1n) is 6.69. The highest BCUT2D eigenvalue weighted by Crippen LogP contribution is 2.56. The van der Waals surface area contributed by atoms with E-state index in [2.05, 4.69) is 6.92 Å². The Kier molecular flexibility index (Phi) is 7.09. The van der Waals surface area contributed by atoms with Gasteiger partial charge in [0.15, 0.2) is 0 Å². The van der Waals surface area contributed by atoms with Crippen LogP contribution in [0.5, 0.6) is 0 Å². The molecule has 0 rings (SSSR count). The number of rotatable bonds is 9. The normalized spacial score (nSPS) is 16.6. The SMILES string of the molecule is CCC(C)(C)OCCCOP(=O)(O)C(C)(C)CC. The van der Waals surface area contributed by atoms with Gasteiger partial charge in [-0.2, -0.15) is 0 Å². The molecule has 0 saturated heterocycles. The molecule has 0 fully saturated rings. The standard InChI is InChI=1S/C13H29O4P/c1-7-12(3,4)16-10-9-11-17-18(14,15)13(5,6)8-2/h7-11H2,1-6H3,(H,14,15). The van der Waals surface area contributed by atoms with E-state index in [1.54, 1.807) is 13.8 Å². The summed E-state index contributed by atoms with van der Waals surface area (Å²) in [7, 11) is -3.54. The first-order chi connectivity index (χ1) is 8.08. The lowest BCUT2D eigenvalue weighted by Crippen LogP contribution is -2.24. The highest BCUT2D eigenvalue weighted by atomic mass is 31.2. The first-order valence-corrected chi connectivity index (χ1v) is 8.27. The number of ether oxygens (including phenoxy) is 1. The van der Waals surface area contributed by atoms with Crippen molar-refractivity contribution in [3.8, 4) is 0 Å². The highest BCUT2D eigenvalue weighted by Gasteiger charge is 2.38. The van der Waals surface area contributed by atoms with Gasteiger partial charge in [0.25, 0.3) is 0 Å². The average Bonchev–Trinajstić information content (AvgIpc) is 2.28. The van der Waals surface area contributed by atoms with Crippen molar-refractivity contribution in [1.29, 1.82) is 0 Å². The Hall–Kier alpha value is 0.110. The summed E-state index contributed by atoms with van der Waals surface area (Å²) in [6, 6.07) is 0. The van der Waals surface area contributed by atoms with Gasteiger partial charge in [-0.1, -0.05) is 13.8 Å². The molecule has 0 heterocycles. The molecule has 0 aromatic rings. The lowest BCUT2D eigenvalue weighted by molar-refractivity contribution is -0.0245. The highest BCUT2D eigenvalue weighted by molar-refractivity contribution is 7.54. The fraction of sp³-hybridized carbons (Fsp3) is 1.00. The molecule has 0 spiro atoms. The Bertz CT molecular complexity index is 287. The summed E-state index contributed by atoms with van der Waals surface area (Å²) >= 11 is 0. The minimum atomic E-state index is -3.54. The minimum Gasteiger partial charge on any atom is -0.375 e.